The van der Waals surface area contributed by atoms with Gasteiger partial charge in [-0.05, 0) is 56.1 Å². The molecule has 0 radical (unpaired) electrons. The van der Waals surface area contributed by atoms with Crippen LogP contribution in [0.25, 0.3) is 0 Å². The van der Waals surface area contributed by atoms with E-state index in [9.17, 15) is 9.59 Å². The van der Waals surface area contributed by atoms with E-state index in [0.29, 0.717) is 38.5 Å². The first-order valence-electron chi connectivity index (χ1n) is 13.0. The molecule has 0 bridgehead atoms. The minimum absolute atomic E-state index is 0.0594. The summed E-state index contributed by atoms with van der Waals surface area (Å²) in [6.45, 7) is 4.75. The lowest BCUT2D eigenvalue weighted by molar-refractivity contribution is 0.0327. The van der Waals surface area contributed by atoms with Crippen LogP contribution in [0.5, 0.6) is 5.75 Å². The molecule has 2 aliphatic heterocycles. The highest BCUT2D eigenvalue weighted by Crippen LogP contribution is 2.39. The van der Waals surface area contributed by atoms with E-state index in [1.165, 1.54) is 23.1 Å². The van der Waals surface area contributed by atoms with Gasteiger partial charge in [-0.3, -0.25) is 14.6 Å². The first-order chi connectivity index (χ1) is 18.0. The lowest BCUT2D eigenvalue weighted by atomic mass is 9.73. The van der Waals surface area contributed by atoms with Gasteiger partial charge in [0.1, 0.15) is 22.9 Å². The van der Waals surface area contributed by atoms with Gasteiger partial charge < -0.3 is 14.5 Å². The number of carbonyl (C=O) groups is 2. The number of aromatic nitrogens is 3. The summed E-state index contributed by atoms with van der Waals surface area (Å²) < 4.78 is 6.17. The second kappa shape index (κ2) is 11.4. The molecule has 2 aromatic heterocycles. The smallest absolute Gasteiger partial charge is 0.274 e. The number of aryl methyl sites for hydroxylation is 2. The Morgan fingerprint density at radius 3 is 2.57 bits per heavy atom. The Hall–Kier alpha value is -3.33. The van der Waals surface area contributed by atoms with Crippen LogP contribution in [0.2, 0.25) is 0 Å². The SMILES string of the molecule is Cc1ncsc1C(=O)N1CCC2(CCCCc3ccccc3OCCN(C(=O)c3cnccn3)C2)CC1. The van der Waals surface area contributed by atoms with Gasteiger partial charge in [0, 0.05) is 32.0 Å². The van der Waals surface area contributed by atoms with Gasteiger partial charge in [-0.1, -0.05) is 24.6 Å². The maximum absolute atomic E-state index is 13.6. The van der Waals surface area contributed by atoms with Crippen molar-refractivity contribution in [3.05, 3.63) is 70.2 Å². The molecule has 2 aliphatic rings. The number of para-hydroxylation sites is 1. The summed E-state index contributed by atoms with van der Waals surface area (Å²) in [5.41, 5.74) is 4.03. The van der Waals surface area contributed by atoms with Crippen molar-refractivity contribution in [2.24, 2.45) is 5.41 Å². The summed E-state index contributed by atoms with van der Waals surface area (Å²) in [6.07, 6.45) is 10.5. The summed E-state index contributed by atoms with van der Waals surface area (Å²) in [4.78, 5) is 43.9. The number of likely N-dealkylation sites (tertiary alicyclic amines) is 1. The van der Waals surface area contributed by atoms with Crippen LogP contribution in [0.15, 0.2) is 48.4 Å². The average Bonchev–Trinajstić information content (AvgIpc) is 3.36. The van der Waals surface area contributed by atoms with E-state index in [1.54, 1.807) is 17.9 Å². The van der Waals surface area contributed by atoms with Gasteiger partial charge in [-0.25, -0.2) is 9.97 Å². The quantitative estimate of drug-likeness (QED) is 0.498. The van der Waals surface area contributed by atoms with E-state index in [-0.39, 0.29) is 17.2 Å². The summed E-state index contributed by atoms with van der Waals surface area (Å²) in [5, 5.41) is 0. The van der Waals surface area contributed by atoms with Crippen LogP contribution < -0.4 is 4.74 Å². The van der Waals surface area contributed by atoms with Crippen LogP contribution in [0.3, 0.4) is 0 Å². The first-order valence-corrected chi connectivity index (χ1v) is 13.9. The predicted octanol–water partition coefficient (Wildman–Crippen LogP) is 4.41. The zero-order chi connectivity index (χ0) is 25.7. The van der Waals surface area contributed by atoms with Crippen molar-refractivity contribution >= 4 is 23.2 Å². The Morgan fingerprint density at radius 2 is 1.81 bits per heavy atom. The van der Waals surface area contributed by atoms with Gasteiger partial charge in [0.2, 0.25) is 0 Å². The number of nitrogens with zero attached hydrogens (tertiary/aromatic N) is 5. The number of ether oxygens (including phenoxy) is 1. The molecule has 1 aromatic carbocycles. The topological polar surface area (TPSA) is 88.5 Å². The molecule has 8 nitrogen and oxygen atoms in total. The Morgan fingerprint density at radius 1 is 0.973 bits per heavy atom. The highest BCUT2D eigenvalue weighted by molar-refractivity contribution is 7.11. The molecule has 0 aliphatic carbocycles. The molecule has 5 rings (SSSR count). The molecule has 1 fully saturated rings. The Kier molecular flexibility index (Phi) is 7.79. The lowest BCUT2D eigenvalue weighted by Crippen LogP contribution is -2.50. The zero-order valence-electron chi connectivity index (χ0n) is 21.3. The van der Waals surface area contributed by atoms with E-state index in [1.807, 2.05) is 28.9 Å². The molecule has 0 atom stereocenters. The standard InChI is InChI=1S/C28H33N5O3S/c1-21-25(37-20-31-21)27(35)32-14-10-28(11-15-32)9-5-4-7-22-6-2-3-8-24(22)36-17-16-33(19-28)26(34)23-18-29-12-13-30-23/h2-3,6,8,12-13,18,20H,4-5,7,9-11,14-17,19H2,1H3. The maximum Gasteiger partial charge on any atom is 0.274 e. The van der Waals surface area contributed by atoms with Crippen molar-refractivity contribution < 1.29 is 14.3 Å². The second-order valence-corrected chi connectivity index (χ2v) is 10.9. The molecule has 3 aromatic rings. The molecule has 1 saturated heterocycles. The Labute approximate surface area is 221 Å². The van der Waals surface area contributed by atoms with Crippen LogP contribution >= 0.6 is 11.3 Å². The van der Waals surface area contributed by atoms with E-state index in [2.05, 4.69) is 27.1 Å². The van der Waals surface area contributed by atoms with Crippen molar-refractivity contribution in [1.29, 1.82) is 0 Å². The summed E-state index contributed by atoms with van der Waals surface area (Å²) in [5.74, 6) is 0.843. The third-order valence-corrected chi connectivity index (χ3v) is 8.56. The monoisotopic (exact) mass is 519 g/mol. The molecule has 194 valence electrons. The molecule has 0 N–H and O–H groups in total. The Balaban J connectivity index is 1.37. The van der Waals surface area contributed by atoms with Gasteiger partial charge in [0.25, 0.3) is 11.8 Å². The highest BCUT2D eigenvalue weighted by atomic mass is 32.1. The highest BCUT2D eigenvalue weighted by Gasteiger charge is 2.39. The van der Waals surface area contributed by atoms with Gasteiger partial charge in [0.15, 0.2) is 0 Å². The minimum atomic E-state index is -0.125. The van der Waals surface area contributed by atoms with Gasteiger partial charge in [-0.2, -0.15) is 0 Å². The second-order valence-electron chi connectivity index (χ2n) is 10.0. The van der Waals surface area contributed by atoms with Crippen LogP contribution in [-0.2, 0) is 6.42 Å². The summed E-state index contributed by atoms with van der Waals surface area (Å²) >= 11 is 1.41. The number of hydrogen-bond acceptors (Lipinski definition) is 7. The number of piperidine rings is 1. The van der Waals surface area contributed by atoms with Gasteiger partial charge in [-0.15, -0.1) is 11.3 Å². The fourth-order valence-corrected chi connectivity index (χ4v) is 6.25. The predicted molar refractivity (Wildman–Crippen MR) is 142 cm³/mol. The van der Waals surface area contributed by atoms with Crippen LogP contribution in [0.1, 0.15) is 63.5 Å². The Bertz CT molecular complexity index is 1220. The molecular weight excluding hydrogens is 486 g/mol. The molecule has 4 heterocycles. The third kappa shape index (κ3) is 5.82. The number of carbonyl (C=O) groups excluding carboxylic acids is 2. The maximum atomic E-state index is 13.6. The number of hydrogen-bond donors (Lipinski definition) is 0. The number of thiazole rings is 1. The minimum Gasteiger partial charge on any atom is -0.491 e. The van der Waals surface area contributed by atoms with Crippen LogP contribution in [0, 0.1) is 12.3 Å². The average molecular weight is 520 g/mol. The van der Waals surface area contributed by atoms with E-state index >= 15 is 0 Å². The van der Waals surface area contributed by atoms with E-state index < -0.39 is 0 Å². The number of amides is 2. The fraction of sp³-hybridized carbons (Fsp3) is 0.464. The zero-order valence-corrected chi connectivity index (χ0v) is 22.1. The van der Waals surface area contributed by atoms with Gasteiger partial charge >= 0.3 is 0 Å². The summed E-state index contributed by atoms with van der Waals surface area (Å²) in [7, 11) is 0. The molecule has 2 amide bonds. The third-order valence-electron chi connectivity index (χ3n) is 7.64. The fourth-order valence-electron chi connectivity index (χ4n) is 5.48. The van der Waals surface area contributed by atoms with Crippen LogP contribution in [0.4, 0.5) is 0 Å². The molecular formula is C28H33N5O3S. The van der Waals surface area contributed by atoms with Crippen molar-refractivity contribution in [2.45, 2.75) is 45.4 Å². The molecule has 37 heavy (non-hydrogen) atoms. The lowest BCUT2D eigenvalue weighted by Gasteiger charge is -2.44. The van der Waals surface area contributed by atoms with Crippen molar-refractivity contribution in [1.82, 2.24) is 24.8 Å². The normalized spacial score (nSPS) is 18.3. The molecule has 0 saturated carbocycles. The van der Waals surface area contributed by atoms with Gasteiger partial charge in [0.05, 0.1) is 23.9 Å². The van der Waals surface area contributed by atoms with Crippen molar-refractivity contribution in [2.75, 3.05) is 32.8 Å². The largest absolute Gasteiger partial charge is 0.491 e. The first kappa shape index (κ1) is 25.3. The van der Waals surface area contributed by atoms with Crippen molar-refractivity contribution in [3.63, 3.8) is 0 Å². The summed E-state index contributed by atoms with van der Waals surface area (Å²) in [6, 6.07) is 8.18. The van der Waals surface area contributed by atoms with E-state index in [4.69, 9.17) is 4.74 Å². The van der Waals surface area contributed by atoms with Crippen molar-refractivity contribution in [3.8, 4) is 5.75 Å². The van der Waals surface area contributed by atoms with E-state index in [0.717, 1.165) is 54.8 Å². The molecule has 0 unspecified atom stereocenters. The number of benzene rings is 1. The molecule has 9 heteroatoms. The van der Waals surface area contributed by atoms with Crippen LogP contribution in [-0.4, -0.2) is 69.4 Å². The number of rotatable bonds is 2. The number of fused-ring (bicyclic) bond motifs is 1. The molecule has 1 spiro atoms.